The third kappa shape index (κ3) is 4.68. The maximum Gasteiger partial charge on any atom is 0.118 e. The Morgan fingerprint density at radius 3 is 1.63 bits per heavy atom. The van der Waals surface area contributed by atoms with Gasteiger partial charge in [0, 0.05) is 5.57 Å². The van der Waals surface area contributed by atoms with Crippen LogP contribution in [-0.2, 0) is 0 Å². The van der Waals surface area contributed by atoms with E-state index < -0.39 is 8.07 Å². The van der Waals surface area contributed by atoms with Gasteiger partial charge in [-0.15, -0.1) is 5.73 Å². The molecule has 0 radical (unpaired) electrons. The molecule has 3 aromatic rings. The summed E-state index contributed by atoms with van der Waals surface area (Å²) in [5, 5.41) is 1.33. The van der Waals surface area contributed by atoms with Crippen LogP contribution in [0.15, 0.2) is 90.7 Å². The number of hydrogen-bond acceptors (Lipinski definition) is 1. The summed E-state index contributed by atoms with van der Waals surface area (Å²) in [5.41, 5.74) is 8.54. The lowest BCUT2D eigenvalue weighted by molar-refractivity contribution is 0.415. The van der Waals surface area contributed by atoms with Crippen molar-refractivity contribution in [2.75, 3.05) is 7.11 Å². The van der Waals surface area contributed by atoms with Gasteiger partial charge >= 0.3 is 0 Å². The quantitative estimate of drug-likeness (QED) is 0.359. The third-order valence-corrected chi connectivity index (χ3v) is 6.42. The van der Waals surface area contributed by atoms with E-state index in [1.165, 1.54) is 16.3 Å². The van der Waals surface area contributed by atoms with Crippen LogP contribution in [0.4, 0.5) is 0 Å². The fourth-order valence-electron chi connectivity index (χ4n) is 3.10. The average Bonchev–Trinajstić information content (AvgIpc) is 2.69. The van der Waals surface area contributed by atoms with Crippen LogP contribution in [0.5, 0.6) is 5.75 Å². The molecule has 0 aliphatic rings. The van der Waals surface area contributed by atoms with E-state index in [9.17, 15) is 0 Å². The molecule has 0 spiro atoms. The number of hydrogen-bond donors (Lipinski definition) is 0. The predicted molar refractivity (Wildman–Crippen MR) is 119 cm³/mol. The normalized spacial score (nSPS) is 10.8. The fourth-order valence-corrected chi connectivity index (χ4v) is 4.63. The van der Waals surface area contributed by atoms with Gasteiger partial charge in [0.1, 0.15) is 5.75 Å². The van der Waals surface area contributed by atoms with Crippen molar-refractivity contribution in [2.45, 2.75) is 19.6 Å². The molecule has 0 amide bonds. The van der Waals surface area contributed by atoms with Crippen molar-refractivity contribution in [1.82, 2.24) is 0 Å². The van der Waals surface area contributed by atoms with Crippen molar-refractivity contribution in [3.8, 4) is 5.75 Å². The number of methoxy groups -OCH3 is 1. The van der Waals surface area contributed by atoms with Crippen molar-refractivity contribution in [3.63, 3.8) is 0 Å². The van der Waals surface area contributed by atoms with E-state index in [-0.39, 0.29) is 0 Å². The van der Waals surface area contributed by atoms with Crippen LogP contribution in [0.2, 0.25) is 19.6 Å². The van der Waals surface area contributed by atoms with Gasteiger partial charge in [0.05, 0.1) is 15.2 Å². The second-order valence-corrected chi connectivity index (χ2v) is 12.6. The molecule has 2 heteroatoms. The molecule has 0 aromatic heterocycles. The van der Waals surface area contributed by atoms with Crippen LogP contribution in [0.1, 0.15) is 16.7 Å². The molecular weight excluding hydrogens is 344 g/mol. The van der Waals surface area contributed by atoms with E-state index >= 15 is 0 Å². The van der Waals surface area contributed by atoms with Gasteiger partial charge in [0.2, 0.25) is 0 Å². The highest BCUT2D eigenvalue weighted by molar-refractivity contribution is 6.93. The highest BCUT2D eigenvalue weighted by Crippen LogP contribution is 2.30. The third-order valence-electron chi connectivity index (χ3n) is 4.50. The van der Waals surface area contributed by atoms with Crippen LogP contribution in [0, 0.1) is 0 Å². The molecule has 0 saturated heterocycles. The standard InChI is InChI=1S/C25H26OSi/c1-26-23-17-15-21(16-18-23)24(20-11-7-5-8-12-20)19-25(27(2,3)4)22-13-9-6-10-14-22/h5-18H,1-4H3. The fraction of sp³-hybridized carbons (Fsp3) is 0.160. The van der Waals surface area contributed by atoms with Gasteiger partial charge in [0.15, 0.2) is 0 Å². The first-order valence-corrected chi connectivity index (χ1v) is 12.8. The number of ether oxygens (including phenoxy) is 1. The Balaban J connectivity index is 2.31. The monoisotopic (exact) mass is 370 g/mol. The van der Waals surface area contributed by atoms with Crippen molar-refractivity contribution >= 4 is 18.8 Å². The maximum absolute atomic E-state index is 5.33. The van der Waals surface area contributed by atoms with Crippen molar-refractivity contribution < 1.29 is 4.74 Å². The van der Waals surface area contributed by atoms with E-state index in [0.29, 0.717) is 0 Å². The maximum atomic E-state index is 5.33. The van der Waals surface area contributed by atoms with Crippen LogP contribution >= 0.6 is 0 Å². The highest BCUT2D eigenvalue weighted by atomic mass is 28.3. The van der Waals surface area contributed by atoms with Gasteiger partial charge in [-0.05, 0) is 34.0 Å². The molecule has 0 heterocycles. The summed E-state index contributed by atoms with van der Waals surface area (Å²) in [6.07, 6.45) is 0. The summed E-state index contributed by atoms with van der Waals surface area (Å²) in [5.74, 6) is 0.864. The largest absolute Gasteiger partial charge is 0.497 e. The minimum atomic E-state index is -1.61. The lowest BCUT2D eigenvalue weighted by atomic mass is 9.98. The summed E-state index contributed by atoms with van der Waals surface area (Å²) in [6.45, 7) is 7.12. The van der Waals surface area contributed by atoms with Crippen molar-refractivity contribution in [2.24, 2.45) is 0 Å². The minimum absolute atomic E-state index is 0.864. The molecule has 3 rings (SSSR count). The molecule has 0 atom stereocenters. The molecule has 136 valence electrons. The van der Waals surface area contributed by atoms with Crippen molar-refractivity contribution in [1.29, 1.82) is 0 Å². The summed E-state index contributed by atoms with van der Waals surface area (Å²) in [4.78, 5) is 0. The summed E-state index contributed by atoms with van der Waals surface area (Å²) in [7, 11) is 0.0822. The second kappa shape index (κ2) is 8.26. The molecule has 0 unspecified atom stereocenters. The summed E-state index contributed by atoms with van der Waals surface area (Å²) < 4.78 is 5.33. The van der Waals surface area contributed by atoms with Gasteiger partial charge in [-0.25, -0.2) is 0 Å². The Kier molecular flexibility index (Phi) is 5.80. The van der Waals surface area contributed by atoms with Gasteiger partial charge in [-0.1, -0.05) is 92.4 Å². The first-order chi connectivity index (χ1) is 13.0. The molecule has 27 heavy (non-hydrogen) atoms. The zero-order valence-corrected chi connectivity index (χ0v) is 17.5. The Labute approximate surface area is 163 Å². The van der Waals surface area contributed by atoms with Crippen LogP contribution < -0.4 is 4.74 Å². The lowest BCUT2D eigenvalue weighted by Crippen LogP contribution is -2.22. The second-order valence-electron chi connectivity index (χ2n) is 7.59. The van der Waals surface area contributed by atoms with E-state index in [1.54, 1.807) is 7.11 Å². The average molecular weight is 371 g/mol. The molecular formula is C25H26OSi. The van der Waals surface area contributed by atoms with E-state index in [1.807, 2.05) is 12.1 Å². The zero-order chi connectivity index (χ0) is 19.3. The first kappa shape index (κ1) is 19.0. The number of rotatable bonds is 5. The smallest absolute Gasteiger partial charge is 0.118 e. The molecule has 3 aromatic carbocycles. The van der Waals surface area contributed by atoms with Gasteiger partial charge in [-0.3, -0.25) is 0 Å². The minimum Gasteiger partial charge on any atom is -0.497 e. The lowest BCUT2D eigenvalue weighted by Gasteiger charge is -2.20. The SMILES string of the molecule is COc1ccc(C(=C=C(c2ccccc2)[Si](C)(C)C)c2ccccc2)cc1. The van der Waals surface area contributed by atoms with Crippen LogP contribution in [0.25, 0.3) is 10.8 Å². The van der Waals surface area contributed by atoms with Crippen molar-refractivity contribution in [3.05, 3.63) is 107 Å². The molecule has 0 saturated carbocycles. The molecule has 1 nitrogen and oxygen atoms in total. The molecule has 0 aliphatic carbocycles. The summed E-state index contributed by atoms with van der Waals surface area (Å²) >= 11 is 0. The van der Waals surface area contributed by atoms with Crippen LogP contribution in [-0.4, -0.2) is 15.2 Å². The van der Waals surface area contributed by atoms with E-state index in [2.05, 4.69) is 98.2 Å². The van der Waals surface area contributed by atoms with Crippen LogP contribution in [0.3, 0.4) is 0 Å². The topological polar surface area (TPSA) is 9.23 Å². The highest BCUT2D eigenvalue weighted by Gasteiger charge is 2.21. The Hall–Kier alpha value is -2.80. The van der Waals surface area contributed by atoms with Gasteiger partial charge in [-0.2, -0.15) is 0 Å². The first-order valence-electron chi connectivity index (χ1n) is 9.26. The van der Waals surface area contributed by atoms with E-state index in [4.69, 9.17) is 4.74 Å². The molecule has 0 N–H and O–H groups in total. The Morgan fingerprint density at radius 2 is 1.15 bits per heavy atom. The Morgan fingerprint density at radius 1 is 0.667 bits per heavy atom. The number of benzene rings is 3. The predicted octanol–water partition coefficient (Wildman–Crippen LogP) is 6.69. The molecule has 0 fully saturated rings. The summed E-state index contributed by atoms with van der Waals surface area (Å²) in [6, 6.07) is 29.4. The Bertz CT molecular complexity index is 943. The zero-order valence-electron chi connectivity index (χ0n) is 16.5. The van der Waals surface area contributed by atoms with E-state index in [0.717, 1.165) is 16.9 Å². The molecule has 0 bridgehead atoms. The molecule has 0 aliphatic heterocycles. The van der Waals surface area contributed by atoms with Gasteiger partial charge < -0.3 is 4.74 Å². The van der Waals surface area contributed by atoms with Gasteiger partial charge in [0.25, 0.3) is 0 Å².